The number of aliphatic imine (C=N–C) groups is 1. The average molecular weight is 404 g/mol. The Bertz CT molecular complexity index is 1370. The number of amidine groups is 1. The van der Waals surface area contributed by atoms with Gasteiger partial charge in [-0.15, -0.1) is 0 Å². The number of nitrogens with zero attached hydrogens (tertiary/aromatic N) is 4. The predicted octanol–water partition coefficient (Wildman–Crippen LogP) is 4.89. The topological polar surface area (TPSA) is 100.0 Å². The maximum absolute atomic E-state index is 9.71. The van der Waals surface area contributed by atoms with E-state index in [0.717, 1.165) is 44.7 Å². The molecule has 1 atom stereocenters. The lowest BCUT2D eigenvalue weighted by molar-refractivity contribution is 0.885. The van der Waals surface area contributed by atoms with E-state index in [-0.39, 0.29) is 6.04 Å². The molecule has 1 unspecified atom stereocenters. The zero-order valence-electron chi connectivity index (χ0n) is 17.0. The lowest BCUT2D eigenvalue weighted by Crippen LogP contribution is -2.10. The minimum absolute atomic E-state index is 0.0292. The molecule has 2 aromatic heterocycles. The van der Waals surface area contributed by atoms with Crippen molar-refractivity contribution in [3.8, 4) is 17.2 Å². The minimum atomic E-state index is 0.0292. The molecule has 1 aliphatic heterocycles. The molecule has 6 nitrogen and oxygen atoms in total. The van der Waals surface area contributed by atoms with Crippen molar-refractivity contribution in [1.29, 1.82) is 5.26 Å². The van der Waals surface area contributed by atoms with E-state index in [1.165, 1.54) is 0 Å². The number of hydrogen-bond acceptors (Lipinski definition) is 6. The lowest BCUT2D eigenvalue weighted by atomic mass is 10.0. The second-order valence-electron chi connectivity index (χ2n) is 7.64. The van der Waals surface area contributed by atoms with Crippen molar-refractivity contribution in [3.05, 3.63) is 83.8 Å². The fourth-order valence-corrected chi connectivity index (χ4v) is 3.89. The Hall–Kier alpha value is -4.24. The van der Waals surface area contributed by atoms with Gasteiger partial charge in [0.15, 0.2) is 0 Å². The number of anilines is 1. The summed E-state index contributed by atoms with van der Waals surface area (Å²) < 4.78 is 0. The van der Waals surface area contributed by atoms with E-state index >= 15 is 0 Å². The molecule has 3 N–H and O–H groups in total. The van der Waals surface area contributed by atoms with Crippen LogP contribution in [0.25, 0.3) is 22.0 Å². The van der Waals surface area contributed by atoms with E-state index < -0.39 is 0 Å². The molecule has 0 spiro atoms. The zero-order valence-corrected chi connectivity index (χ0v) is 17.0. The van der Waals surface area contributed by atoms with E-state index in [1.807, 2.05) is 42.6 Å². The first-order chi connectivity index (χ1) is 15.1. The number of nitriles is 1. The predicted molar refractivity (Wildman–Crippen MR) is 123 cm³/mol. The van der Waals surface area contributed by atoms with Gasteiger partial charge in [0, 0.05) is 35.8 Å². The van der Waals surface area contributed by atoms with Gasteiger partial charge in [0.25, 0.3) is 0 Å². The van der Waals surface area contributed by atoms with Gasteiger partial charge in [-0.1, -0.05) is 36.4 Å². The molecule has 150 valence electrons. The third-order valence-corrected chi connectivity index (χ3v) is 5.54. The summed E-state index contributed by atoms with van der Waals surface area (Å²) in [6.45, 7) is 2.08. The Morgan fingerprint density at radius 1 is 1.03 bits per heavy atom. The summed E-state index contributed by atoms with van der Waals surface area (Å²) in [6.07, 6.45) is 4.06. The van der Waals surface area contributed by atoms with Crippen LogP contribution in [0.1, 0.15) is 29.8 Å². The fraction of sp³-hybridized carbons (Fsp3) is 0.120. The van der Waals surface area contributed by atoms with E-state index in [9.17, 15) is 5.26 Å². The van der Waals surface area contributed by atoms with Gasteiger partial charge in [0.05, 0.1) is 28.1 Å². The largest absolute Gasteiger partial charge is 0.387 e. The van der Waals surface area contributed by atoms with Crippen LogP contribution in [0.4, 0.5) is 11.4 Å². The quantitative estimate of drug-likeness (QED) is 0.505. The summed E-state index contributed by atoms with van der Waals surface area (Å²) in [7, 11) is 0. The van der Waals surface area contributed by atoms with E-state index in [0.29, 0.717) is 17.8 Å². The highest BCUT2D eigenvalue weighted by atomic mass is 14.9. The van der Waals surface area contributed by atoms with Crippen LogP contribution in [0.3, 0.4) is 0 Å². The molecule has 5 rings (SSSR count). The summed E-state index contributed by atoms with van der Waals surface area (Å²) in [5.41, 5.74) is 12.8. The second kappa shape index (κ2) is 7.54. The van der Waals surface area contributed by atoms with Crippen LogP contribution < -0.4 is 11.1 Å². The lowest BCUT2D eigenvalue weighted by Gasteiger charge is -2.18. The van der Waals surface area contributed by atoms with Gasteiger partial charge in [0.2, 0.25) is 0 Å². The van der Waals surface area contributed by atoms with Crippen LogP contribution in [0, 0.1) is 11.3 Å². The first-order valence-electron chi connectivity index (χ1n) is 10.1. The molecule has 0 fully saturated rings. The van der Waals surface area contributed by atoms with Crippen LogP contribution in [0.5, 0.6) is 0 Å². The van der Waals surface area contributed by atoms with Crippen molar-refractivity contribution in [2.45, 2.75) is 19.4 Å². The molecular weight excluding hydrogens is 384 g/mol. The van der Waals surface area contributed by atoms with E-state index in [4.69, 9.17) is 5.73 Å². The molecule has 0 saturated carbocycles. The number of aromatic nitrogens is 2. The Morgan fingerprint density at radius 2 is 1.87 bits per heavy atom. The highest BCUT2D eigenvalue weighted by molar-refractivity contribution is 5.97. The Kier molecular flexibility index (Phi) is 4.57. The van der Waals surface area contributed by atoms with Gasteiger partial charge in [0.1, 0.15) is 11.9 Å². The number of pyridine rings is 2. The summed E-state index contributed by atoms with van der Waals surface area (Å²) in [6, 6.07) is 20.5. The fourth-order valence-electron chi connectivity index (χ4n) is 3.89. The van der Waals surface area contributed by atoms with Crippen molar-refractivity contribution >= 4 is 28.1 Å². The molecular formula is C25H20N6. The molecule has 1 aliphatic rings. The number of hydrogen-bond donors (Lipinski definition) is 2. The Morgan fingerprint density at radius 3 is 2.68 bits per heavy atom. The molecule has 31 heavy (non-hydrogen) atoms. The third-order valence-electron chi connectivity index (χ3n) is 5.54. The van der Waals surface area contributed by atoms with Crippen molar-refractivity contribution in [2.24, 2.45) is 10.7 Å². The van der Waals surface area contributed by atoms with Crippen molar-refractivity contribution in [2.75, 3.05) is 5.32 Å². The van der Waals surface area contributed by atoms with Crippen LogP contribution in [-0.2, 0) is 6.42 Å². The van der Waals surface area contributed by atoms with Gasteiger partial charge in [-0.2, -0.15) is 5.26 Å². The molecule has 0 radical (unpaired) electrons. The van der Waals surface area contributed by atoms with Gasteiger partial charge < -0.3 is 11.1 Å². The van der Waals surface area contributed by atoms with Crippen molar-refractivity contribution in [1.82, 2.24) is 9.97 Å². The number of rotatable bonds is 4. The van der Waals surface area contributed by atoms with Crippen LogP contribution in [0.15, 0.2) is 72.0 Å². The van der Waals surface area contributed by atoms with E-state index in [1.54, 1.807) is 6.20 Å². The summed E-state index contributed by atoms with van der Waals surface area (Å²) >= 11 is 0. The number of nitrogens with two attached hydrogens (primary N) is 1. The van der Waals surface area contributed by atoms with Gasteiger partial charge in [-0.3, -0.25) is 9.97 Å². The standard InChI is InChI=1S/C25H20N6/c1-15(16-5-3-2-4-6-16)30-25-19(12-26)14-28-21-8-7-17(9-20(21)25)18-10-23-22(29-13-18)11-24(27)31-23/h2-10,13-15H,11H2,1H3,(H2,27,31)(H,28,30). The smallest absolute Gasteiger partial charge is 0.106 e. The second-order valence-corrected chi connectivity index (χ2v) is 7.64. The normalized spacial score (nSPS) is 13.4. The maximum atomic E-state index is 9.71. The van der Waals surface area contributed by atoms with Gasteiger partial charge in [-0.25, -0.2) is 4.99 Å². The monoisotopic (exact) mass is 404 g/mol. The maximum Gasteiger partial charge on any atom is 0.106 e. The van der Waals surface area contributed by atoms with Gasteiger partial charge in [-0.05, 0) is 36.2 Å². The number of fused-ring (bicyclic) bond motifs is 2. The van der Waals surface area contributed by atoms with Crippen molar-refractivity contribution < 1.29 is 0 Å². The highest BCUT2D eigenvalue weighted by Crippen LogP contribution is 2.34. The van der Waals surface area contributed by atoms with E-state index in [2.05, 4.69) is 51.5 Å². The Labute approximate surface area is 180 Å². The van der Waals surface area contributed by atoms with Crippen LogP contribution in [0.2, 0.25) is 0 Å². The van der Waals surface area contributed by atoms with Crippen LogP contribution >= 0.6 is 0 Å². The first kappa shape index (κ1) is 18.8. The summed E-state index contributed by atoms with van der Waals surface area (Å²) in [5, 5.41) is 14.1. The third kappa shape index (κ3) is 3.47. The Balaban J connectivity index is 1.60. The summed E-state index contributed by atoms with van der Waals surface area (Å²) in [4.78, 5) is 13.4. The summed E-state index contributed by atoms with van der Waals surface area (Å²) in [5.74, 6) is 0.586. The average Bonchev–Trinajstić information content (AvgIpc) is 3.18. The zero-order chi connectivity index (χ0) is 21.4. The molecule has 3 heterocycles. The molecule has 0 aliphatic carbocycles. The van der Waals surface area contributed by atoms with Gasteiger partial charge >= 0.3 is 0 Å². The van der Waals surface area contributed by atoms with Crippen LogP contribution in [-0.4, -0.2) is 15.8 Å². The molecule has 2 aromatic carbocycles. The SMILES string of the molecule is CC(Nc1c(C#N)cnc2ccc(-c3cnc4c(c3)N=C(N)C4)cc12)c1ccccc1. The molecule has 0 saturated heterocycles. The minimum Gasteiger partial charge on any atom is -0.387 e. The highest BCUT2D eigenvalue weighted by Gasteiger charge is 2.16. The molecule has 0 bridgehead atoms. The molecule has 4 aromatic rings. The number of nitrogens with one attached hydrogen (secondary N) is 1. The number of benzene rings is 2. The van der Waals surface area contributed by atoms with Crippen molar-refractivity contribution in [3.63, 3.8) is 0 Å². The molecule has 0 amide bonds. The molecule has 6 heteroatoms. The first-order valence-corrected chi connectivity index (χ1v) is 10.1.